The van der Waals surface area contributed by atoms with Crippen LogP contribution in [0.15, 0.2) is 24.3 Å². The SMILES string of the molecule is COC(=O)[C@H]1CCCN(Cc2cccc(C#N)c2)C1. The summed E-state index contributed by atoms with van der Waals surface area (Å²) in [5, 5.41) is 8.89. The summed E-state index contributed by atoms with van der Waals surface area (Å²) in [7, 11) is 1.44. The first-order chi connectivity index (χ1) is 9.22. The molecule has 0 spiro atoms. The van der Waals surface area contributed by atoms with Gasteiger partial charge in [-0.05, 0) is 37.1 Å². The van der Waals surface area contributed by atoms with Gasteiger partial charge in [-0.15, -0.1) is 0 Å². The Morgan fingerprint density at radius 3 is 3.16 bits per heavy atom. The van der Waals surface area contributed by atoms with Crippen LogP contribution in [0.1, 0.15) is 24.0 Å². The van der Waals surface area contributed by atoms with E-state index in [0.717, 1.165) is 38.0 Å². The summed E-state index contributed by atoms with van der Waals surface area (Å²) in [4.78, 5) is 13.8. The maximum Gasteiger partial charge on any atom is 0.309 e. The van der Waals surface area contributed by atoms with Gasteiger partial charge in [-0.1, -0.05) is 12.1 Å². The van der Waals surface area contributed by atoms with Crippen LogP contribution in [0, 0.1) is 17.2 Å². The van der Waals surface area contributed by atoms with E-state index in [-0.39, 0.29) is 11.9 Å². The number of hydrogen-bond donors (Lipinski definition) is 0. The van der Waals surface area contributed by atoms with Crippen molar-refractivity contribution >= 4 is 5.97 Å². The smallest absolute Gasteiger partial charge is 0.309 e. The largest absolute Gasteiger partial charge is 0.469 e. The molecule has 1 heterocycles. The topological polar surface area (TPSA) is 53.3 Å². The average Bonchev–Trinajstić information content (AvgIpc) is 2.47. The van der Waals surface area contributed by atoms with E-state index in [1.807, 2.05) is 18.2 Å². The van der Waals surface area contributed by atoms with Crippen LogP contribution >= 0.6 is 0 Å². The van der Waals surface area contributed by atoms with Crippen LogP contribution in [-0.2, 0) is 16.1 Å². The molecule has 1 aromatic carbocycles. The first kappa shape index (κ1) is 13.6. The fourth-order valence-electron chi connectivity index (χ4n) is 2.56. The standard InChI is InChI=1S/C15H18N2O2/c1-19-15(18)14-6-3-7-17(11-14)10-13-5-2-4-12(8-13)9-16/h2,4-5,8,14H,3,6-7,10-11H2,1H3/t14-/m0/s1. The van der Waals surface area contributed by atoms with Gasteiger partial charge >= 0.3 is 5.97 Å². The minimum absolute atomic E-state index is 0.0158. The molecule has 4 nitrogen and oxygen atoms in total. The van der Waals surface area contributed by atoms with Crippen LogP contribution in [0.25, 0.3) is 0 Å². The fraction of sp³-hybridized carbons (Fsp3) is 0.467. The minimum Gasteiger partial charge on any atom is -0.469 e. The zero-order valence-corrected chi connectivity index (χ0v) is 11.1. The molecule has 0 unspecified atom stereocenters. The van der Waals surface area contributed by atoms with Gasteiger partial charge < -0.3 is 4.74 Å². The van der Waals surface area contributed by atoms with Gasteiger partial charge in [-0.2, -0.15) is 5.26 Å². The van der Waals surface area contributed by atoms with Crippen LogP contribution in [-0.4, -0.2) is 31.1 Å². The van der Waals surface area contributed by atoms with E-state index >= 15 is 0 Å². The van der Waals surface area contributed by atoms with E-state index < -0.39 is 0 Å². The molecule has 1 aromatic rings. The van der Waals surface area contributed by atoms with Crippen LogP contribution in [0.2, 0.25) is 0 Å². The second-order valence-corrected chi connectivity index (χ2v) is 4.91. The molecule has 1 aliphatic rings. The van der Waals surface area contributed by atoms with Crippen molar-refractivity contribution in [1.82, 2.24) is 4.90 Å². The number of piperidine rings is 1. The number of rotatable bonds is 3. The Balaban J connectivity index is 1.98. The van der Waals surface area contributed by atoms with E-state index in [9.17, 15) is 4.79 Å². The fourth-order valence-corrected chi connectivity index (χ4v) is 2.56. The molecule has 0 amide bonds. The predicted octanol–water partition coefficient (Wildman–Crippen LogP) is 1.94. The van der Waals surface area contributed by atoms with Crippen molar-refractivity contribution < 1.29 is 9.53 Å². The molecular weight excluding hydrogens is 240 g/mol. The Bertz CT molecular complexity index is 493. The molecule has 0 aliphatic carbocycles. The van der Waals surface area contributed by atoms with Crippen LogP contribution in [0.4, 0.5) is 0 Å². The van der Waals surface area contributed by atoms with Crippen molar-refractivity contribution in [2.75, 3.05) is 20.2 Å². The van der Waals surface area contributed by atoms with E-state index in [1.165, 1.54) is 7.11 Å². The lowest BCUT2D eigenvalue weighted by Crippen LogP contribution is -2.38. The van der Waals surface area contributed by atoms with Crippen molar-refractivity contribution in [3.05, 3.63) is 35.4 Å². The normalized spacial score (nSPS) is 19.7. The van der Waals surface area contributed by atoms with Gasteiger partial charge in [0.2, 0.25) is 0 Å². The molecule has 1 fully saturated rings. The highest BCUT2D eigenvalue weighted by molar-refractivity contribution is 5.72. The van der Waals surface area contributed by atoms with Crippen molar-refractivity contribution in [2.24, 2.45) is 5.92 Å². The highest BCUT2D eigenvalue weighted by Gasteiger charge is 2.26. The van der Waals surface area contributed by atoms with Crippen molar-refractivity contribution in [2.45, 2.75) is 19.4 Å². The number of nitrogens with zero attached hydrogens (tertiary/aromatic N) is 2. The van der Waals surface area contributed by atoms with E-state index in [0.29, 0.717) is 5.56 Å². The zero-order chi connectivity index (χ0) is 13.7. The molecule has 1 saturated heterocycles. The lowest BCUT2D eigenvalue weighted by Gasteiger charge is -2.31. The Morgan fingerprint density at radius 1 is 1.58 bits per heavy atom. The molecule has 100 valence electrons. The number of likely N-dealkylation sites (tertiary alicyclic amines) is 1. The maximum absolute atomic E-state index is 11.6. The molecule has 4 heteroatoms. The van der Waals surface area contributed by atoms with Crippen LogP contribution in [0.3, 0.4) is 0 Å². The number of nitriles is 1. The number of carbonyl (C=O) groups excluding carboxylic acids is 1. The molecule has 19 heavy (non-hydrogen) atoms. The Hall–Kier alpha value is -1.86. The summed E-state index contributed by atoms with van der Waals surface area (Å²) in [5.41, 5.74) is 1.79. The van der Waals surface area contributed by atoms with Crippen molar-refractivity contribution in [3.8, 4) is 6.07 Å². The highest BCUT2D eigenvalue weighted by Crippen LogP contribution is 2.19. The molecule has 0 bridgehead atoms. The third kappa shape index (κ3) is 3.55. The zero-order valence-electron chi connectivity index (χ0n) is 11.1. The van der Waals surface area contributed by atoms with Gasteiger partial charge in [0.1, 0.15) is 0 Å². The number of hydrogen-bond acceptors (Lipinski definition) is 4. The van der Waals surface area contributed by atoms with Gasteiger partial charge in [0.15, 0.2) is 0 Å². The molecule has 0 radical (unpaired) electrons. The molecular formula is C15H18N2O2. The summed E-state index contributed by atoms with van der Waals surface area (Å²) in [5.74, 6) is -0.131. The summed E-state index contributed by atoms with van der Waals surface area (Å²) >= 11 is 0. The molecule has 2 rings (SSSR count). The molecule has 0 saturated carbocycles. The number of ether oxygens (including phenoxy) is 1. The predicted molar refractivity (Wildman–Crippen MR) is 71.2 cm³/mol. The summed E-state index contributed by atoms with van der Waals surface area (Å²) in [6, 6.07) is 9.77. The van der Waals surface area contributed by atoms with E-state index in [4.69, 9.17) is 10.00 Å². The van der Waals surface area contributed by atoms with Gasteiger partial charge in [0, 0.05) is 13.1 Å². The number of benzene rings is 1. The van der Waals surface area contributed by atoms with Crippen LogP contribution < -0.4 is 0 Å². The van der Waals surface area contributed by atoms with Gasteiger partial charge in [0.05, 0.1) is 24.7 Å². The van der Waals surface area contributed by atoms with Gasteiger partial charge in [0.25, 0.3) is 0 Å². The lowest BCUT2D eigenvalue weighted by atomic mass is 9.97. The molecule has 1 atom stereocenters. The third-order valence-corrected chi connectivity index (χ3v) is 3.50. The molecule has 1 aliphatic heterocycles. The van der Waals surface area contributed by atoms with Gasteiger partial charge in [-0.25, -0.2) is 0 Å². The number of methoxy groups -OCH3 is 1. The second kappa shape index (κ2) is 6.35. The summed E-state index contributed by atoms with van der Waals surface area (Å²) in [6.45, 7) is 2.51. The van der Waals surface area contributed by atoms with E-state index in [1.54, 1.807) is 6.07 Å². The third-order valence-electron chi connectivity index (χ3n) is 3.50. The lowest BCUT2D eigenvalue weighted by molar-refractivity contribution is -0.147. The monoisotopic (exact) mass is 258 g/mol. The Labute approximate surface area is 113 Å². The summed E-state index contributed by atoms with van der Waals surface area (Å²) < 4.78 is 4.82. The first-order valence-electron chi connectivity index (χ1n) is 6.52. The average molecular weight is 258 g/mol. The highest BCUT2D eigenvalue weighted by atomic mass is 16.5. The van der Waals surface area contributed by atoms with Crippen molar-refractivity contribution in [3.63, 3.8) is 0 Å². The molecule has 0 aromatic heterocycles. The van der Waals surface area contributed by atoms with Crippen LogP contribution in [0.5, 0.6) is 0 Å². The number of esters is 1. The quantitative estimate of drug-likeness (QED) is 0.777. The molecule has 0 N–H and O–H groups in total. The minimum atomic E-state index is -0.115. The second-order valence-electron chi connectivity index (χ2n) is 4.91. The Kier molecular flexibility index (Phi) is 4.53. The maximum atomic E-state index is 11.6. The van der Waals surface area contributed by atoms with Crippen molar-refractivity contribution in [1.29, 1.82) is 5.26 Å². The first-order valence-corrected chi connectivity index (χ1v) is 6.52. The van der Waals surface area contributed by atoms with E-state index in [2.05, 4.69) is 11.0 Å². The summed E-state index contributed by atoms with van der Waals surface area (Å²) in [6.07, 6.45) is 1.92. The number of carbonyl (C=O) groups is 1. The Morgan fingerprint density at radius 2 is 2.42 bits per heavy atom. The van der Waals surface area contributed by atoms with Gasteiger partial charge in [-0.3, -0.25) is 9.69 Å².